The summed E-state index contributed by atoms with van der Waals surface area (Å²) in [7, 11) is 0. The largest absolute Gasteiger partial charge is 0.329 e. The van der Waals surface area contributed by atoms with Crippen molar-refractivity contribution in [2.45, 2.75) is 51.2 Å². The second kappa shape index (κ2) is 6.45. The fourth-order valence-corrected chi connectivity index (χ4v) is 3.68. The van der Waals surface area contributed by atoms with Crippen molar-refractivity contribution in [2.75, 3.05) is 6.54 Å². The van der Waals surface area contributed by atoms with E-state index in [-0.39, 0.29) is 6.04 Å². The molecule has 106 valence electrons. The number of piperidine rings is 1. The Balaban J connectivity index is 2.35. The van der Waals surface area contributed by atoms with Crippen LogP contribution in [0.25, 0.3) is 0 Å². The van der Waals surface area contributed by atoms with Crippen LogP contribution in [-0.2, 0) is 0 Å². The topological polar surface area (TPSA) is 29.3 Å². The molecule has 3 unspecified atom stereocenters. The first-order chi connectivity index (χ1) is 9.06. The van der Waals surface area contributed by atoms with Gasteiger partial charge in [0.1, 0.15) is 0 Å². The lowest BCUT2D eigenvalue weighted by atomic mass is 9.92. The normalized spacial score (nSPS) is 26.4. The van der Waals surface area contributed by atoms with Crippen molar-refractivity contribution in [1.29, 1.82) is 0 Å². The summed E-state index contributed by atoms with van der Waals surface area (Å²) < 4.78 is 0. The second-order valence-corrected chi connectivity index (χ2v) is 6.26. The molecule has 2 N–H and O–H groups in total. The molecule has 1 fully saturated rings. The van der Waals surface area contributed by atoms with E-state index in [4.69, 9.17) is 28.9 Å². The van der Waals surface area contributed by atoms with Crippen LogP contribution in [0.1, 0.15) is 44.7 Å². The highest BCUT2D eigenvalue weighted by atomic mass is 35.5. The number of halogens is 2. The fraction of sp³-hybridized carbons (Fsp3) is 0.600. The van der Waals surface area contributed by atoms with Crippen LogP contribution in [-0.4, -0.2) is 23.5 Å². The number of nitrogens with two attached hydrogens (primary N) is 1. The Morgan fingerprint density at radius 2 is 1.89 bits per heavy atom. The highest BCUT2D eigenvalue weighted by molar-refractivity contribution is 6.42. The maximum atomic E-state index is 6.37. The Kier molecular flexibility index (Phi) is 5.13. The fourth-order valence-electron chi connectivity index (χ4n) is 3.24. The van der Waals surface area contributed by atoms with Crippen LogP contribution in [0.4, 0.5) is 0 Å². The van der Waals surface area contributed by atoms with Crippen molar-refractivity contribution < 1.29 is 0 Å². The van der Waals surface area contributed by atoms with E-state index in [9.17, 15) is 0 Å². The van der Waals surface area contributed by atoms with Gasteiger partial charge in [0.2, 0.25) is 0 Å². The molecule has 1 aromatic rings. The molecule has 3 atom stereocenters. The van der Waals surface area contributed by atoms with E-state index in [0.717, 1.165) is 5.56 Å². The molecular weight excluding hydrogens is 279 g/mol. The molecule has 2 rings (SSSR count). The van der Waals surface area contributed by atoms with Crippen molar-refractivity contribution in [3.8, 4) is 0 Å². The van der Waals surface area contributed by atoms with Gasteiger partial charge in [-0.15, -0.1) is 0 Å². The van der Waals surface area contributed by atoms with Gasteiger partial charge in [-0.25, -0.2) is 0 Å². The third kappa shape index (κ3) is 3.08. The second-order valence-electron chi connectivity index (χ2n) is 5.47. The van der Waals surface area contributed by atoms with Gasteiger partial charge in [0, 0.05) is 24.7 Å². The van der Waals surface area contributed by atoms with Crippen LogP contribution < -0.4 is 5.73 Å². The van der Waals surface area contributed by atoms with Crippen LogP contribution >= 0.6 is 23.2 Å². The Hall–Kier alpha value is -0.280. The van der Waals surface area contributed by atoms with Gasteiger partial charge in [-0.2, -0.15) is 0 Å². The van der Waals surface area contributed by atoms with Gasteiger partial charge >= 0.3 is 0 Å². The van der Waals surface area contributed by atoms with E-state index in [2.05, 4.69) is 18.7 Å². The van der Waals surface area contributed by atoms with Crippen LogP contribution in [0.5, 0.6) is 0 Å². The highest BCUT2D eigenvalue weighted by Gasteiger charge is 2.32. The first-order valence-corrected chi connectivity index (χ1v) is 7.73. The molecule has 1 heterocycles. The van der Waals surface area contributed by atoms with Gasteiger partial charge in [-0.05, 0) is 38.3 Å². The maximum absolute atomic E-state index is 6.37. The van der Waals surface area contributed by atoms with E-state index in [0.29, 0.717) is 28.7 Å². The van der Waals surface area contributed by atoms with Crippen molar-refractivity contribution in [1.82, 2.24) is 4.90 Å². The summed E-state index contributed by atoms with van der Waals surface area (Å²) in [6.45, 7) is 5.11. The minimum Gasteiger partial charge on any atom is -0.329 e. The number of benzene rings is 1. The SMILES string of the molecule is CC1CCCC(C)N1C(CN)c1cccc(Cl)c1Cl. The van der Waals surface area contributed by atoms with Crippen molar-refractivity contribution >= 4 is 23.2 Å². The molecular formula is C15H22Cl2N2. The van der Waals surface area contributed by atoms with E-state index in [1.807, 2.05) is 18.2 Å². The summed E-state index contributed by atoms with van der Waals surface area (Å²) in [5.74, 6) is 0. The van der Waals surface area contributed by atoms with Crippen LogP contribution in [0.3, 0.4) is 0 Å². The third-order valence-electron chi connectivity index (χ3n) is 4.19. The number of hydrogen-bond donors (Lipinski definition) is 1. The first-order valence-electron chi connectivity index (χ1n) is 6.97. The summed E-state index contributed by atoms with van der Waals surface area (Å²) in [4.78, 5) is 2.50. The zero-order valence-corrected chi connectivity index (χ0v) is 13.1. The lowest BCUT2D eigenvalue weighted by Crippen LogP contribution is -2.48. The lowest BCUT2D eigenvalue weighted by molar-refractivity contribution is 0.0578. The van der Waals surface area contributed by atoms with Gasteiger partial charge < -0.3 is 5.73 Å². The summed E-state index contributed by atoms with van der Waals surface area (Å²) in [6, 6.07) is 7.03. The average molecular weight is 301 g/mol. The van der Waals surface area contributed by atoms with Crippen LogP contribution in [0.2, 0.25) is 10.0 Å². The van der Waals surface area contributed by atoms with Crippen molar-refractivity contribution in [3.05, 3.63) is 33.8 Å². The number of rotatable bonds is 3. The predicted molar refractivity (Wildman–Crippen MR) is 82.9 cm³/mol. The zero-order chi connectivity index (χ0) is 14.0. The molecule has 1 saturated heterocycles. The first kappa shape index (κ1) is 15.1. The van der Waals surface area contributed by atoms with Gasteiger partial charge in [-0.1, -0.05) is 41.8 Å². The molecule has 0 bridgehead atoms. The molecule has 0 radical (unpaired) electrons. The molecule has 1 aliphatic rings. The van der Waals surface area contributed by atoms with E-state index >= 15 is 0 Å². The Morgan fingerprint density at radius 1 is 1.26 bits per heavy atom. The van der Waals surface area contributed by atoms with E-state index in [1.165, 1.54) is 19.3 Å². The average Bonchev–Trinajstić information content (AvgIpc) is 2.38. The van der Waals surface area contributed by atoms with Gasteiger partial charge in [0.25, 0.3) is 0 Å². The van der Waals surface area contributed by atoms with Gasteiger partial charge in [0.05, 0.1) is 10.0 Å². The van der Waals surface area contributed by atoms with Crippen LogP contribution in [0, 0.1) is 0 Å². The quantitative estimate of drug-likeness (QED) is 0.904. The zero-order valence-electron chi connectivity index (χ0n) is 11.6. The Labute approximate surface area is 125 Å². The molecule has 0 aliphatic carbocycles. The van der Waals surface area contributed by atoms with E-state index < -0.39 is 0 Å². The monoisotopic (exact) mass is 300 g/mol. The molecule has 1 aliphatic heterocycles. The molecule has 2 nitrogen and oxygen atoms in total. The predicted octanol–water partition coefficient (Wildman–Crippen LogP) is 4.26. The summed E-state index contributed by atoms with van der Waals surface area (Å²) in [5, 5.41) is 1.25. The minimum atomic E-state index is 0.150. The van der Waals surface area contributed by atoms with E-state index in [1.54, 1.807) is 0 Å². The third-order valence-corrected chi connectivity index (χ3v) is 5.02. The summed E-state index contributed by atoms with van der Waals surface area (Å²) in [6.07, 6.45) is 3.73. The molecule has 0 aromatic heterocycles. The molecule has 0 spiro atoms. The smallest absolute Gasteiger partial charge is 0.0640 e. The standard InChI is InChI=1S/C15H22Cl2N2/c1-10-5-3-6-11(2)19(10)14(9-18)12-7-4-8-13(16)15(12)17/h4,7-8,10-11,14H,3,5-6,9,18H2,1-2H3. The number of nitrogens with zero attached hydrogens (tertiary/aromatic N) is 1. The van der Waals surface area contributed by atoms with Gasteiger partial charge in [0.15, 0.2) is 0 Å². The minimum absolute atomic E-state index is 0.150. The molecule has 0 amide bonds. The number of hydrogen-bond acceptors (Lipinski definition) is 2. The molecule has 0 saturated carbocycles. The van der Waals surface area contributed by atoms with Crippen LogP contribution in [0.15, 0.2) is 18.2 Å². The highest BCUT2D eigenvalue weighted by Crippen LogP contribution is 2.37. The maximum Gasteiger partial charge on any atom is 0.0640 e. The van der Waals surface area contributed by atoms with Gasteiger partial charge in [-0.3, -0.25) is 4.90 Å². The van der Waals surface area contributed by atoms with Crippen molar-refractivity contribution in [2.24, 2.45) is 5.73 Å². The summed E-state index contributed by atoms with van der Waals surface area (Å²) >= 11 is 12.5. The molecule has 19 heavy (non-hydrogen) atoms. The Bertz CT molecular complexity index is 426. The number of likely N-dealkylation sites (tertiary alicyclic amines) is 1. The molecule has 1 aromatic carbocycles. The summed E-state index contributed by atoms with van der Waals surface area (Å²) in [5.41, 5.74) is 7.09. The lowest BCUT2D eigenvalue weighted by Gasteiger charge is -2.44. The Morgan fingerprint density at radius 3 is 2.47 bits per heavy atom. The molecule has 4 heteroatoms. The van der Waals surface area contributed by atoms with Crippen molar-refractivity contribution in [3.63, 3.8) is 0 Å².